The summed E-state index contributed by atoms with van der Waals surface area (Å²) in [7, 11) is 3.85. The van der Waals surface area contributed by atoms with Gasteiger partial charge in [0.25, 0.3) is 0 Å². The molecule has 0 amide bonds. The van der Waals surface area contributed by atoms with Crippen LogP contribution in [-0.4, -0.2) is 16.8 Å². The minimum atomic E-state index is 0.749. The molecular weight excluding hydrogens is 250 g/mol. The maximum Gasteiger partial charge on any atom is 0.222 e. The Bertz CT molecular complexity index is 629. The van der Waals surface area contributed by atoms with Gasteiger partial charge in [-0.25, -0.2) is 4.68 Å². The Morgan fingerprint density at radius 2 is 1.80 bits per heavy atom. The van der Waals surface area contributed by atoms with Gasteiger partial charge in [0.05, 0.1) is 11.3 Å². The maximum atomic E-state index is 6.22. The second-order valence-corrected chi connectivity index (χ2v) is 5.28. The molecule has 0 aliphatic rings. The molecule has 108 valence electrons. The number of aromatic nitrogens is 2. The van der Waals surface area contributed by atoms with Crippen LogP contribution < -0.4 is 10.1 Å². The van der Waals surface area contributed by atoms with Crippen molar-refractivity contribution in [1.29, 1.82) is 0 Å². The normalized spacial score (nSPS) is 10.9. The third-order valence-electron chi connectivity index (χ3n) is 3.71. The first-order valence-electron chi connectivity index (χ1n) is 6.87. The third-order valence-corrected chi connectivity index (χ3v) is 3.71. The van der Waals surface area contributed by atoms with Gasteiger partial charge in [0.2, 0.25) is 5.88 Å². The summed E-state index contributed by atoms with van der Waals surface area (Å²) in [5.74, 6) is 1.75. The molecule has 4 nitrogen and oxygen atoms in total. The van der Waals surface area contributed by atoms with E-state index in [1.165, 1.54) is 11.1 Å². The Labute approximate surface area is 120 Å². The summed E-state index contributed by atoms with van der Waals surface area (Å²) in [6, 6.07) is 4.22. The van der Waals surface area contributed by atoms with Crippen LogP contribution in [-0.2, 0) is 13.6 Å². The van der Waals surface area contributed by atoms with Crippen molar-refractivity contribution in [2.45, 2.75) is 34.2 Å². The van der Waals surface area contributed by atoms with Gasteiger partial charge in [0.1, 0.15) is 5.75 Å². The molecular formula is C16H23N3O. The molecule has 1 aromatic carbocycles. The summed E-state index contributed by atoms with van der Waals surface area (Å²) in [6.45, 7) is 9.03. The van der Waals surface area contributed by atoms with Crippen LogP contribution in [0.25, 0.3) is 0 Å². The number of hydrogen-bond donors (Lipinski definition) is 1. The van der Waals surface area contributed by atoms with Crippen molar-refractivity contribution < 1.29 is 4.74 Å². The van der Waals surface area contributed by atoms with Crippen LogP contribution in [0.2, 0.25) is 0 Å². The summed E-state index contributed by atoms with van der Waals surface area (Å²) in [5, 5.41) is 7.63. The van der Waals surface area contributed by atoms with E-state index in [4.69, 9.17) is 4.74 Å². The molecule has 0 radical (unpaired) electrons. The first-order valence-corrected chi connectivity index (χ1v) is 6.87. The lowest BCUT2D eigenvalue weighted by molar-refractivity contribution is 0.419. The Morgan fingerprint density at radius 3 is 2.45 bits per heavy atom. The van der Waals surface area contributed by atoms with E-state index in [1.54, 1.807) is 0 Å². The van der Waals surface area contributed by atoms with E-state index in [0.717, 1.165) is 35.0 Å². The molecule has 0 spiro atoms. The molecule has 1 N–H and O–H groups in total. The molecule has 0 aliphatic heterocycles. The fourth-order valence-corrected chi connectivity index (χ4v) is 2.37. The van der Waals surface area contributed by atoms with Crippen LogP contribution >= 0.6 is 0 Å². The quantitative estimate of drug-likeness (QED) is 0.930. The Kier molecular flexibility index (Phi) is 4.14. The van der Waals surface area contributed by atoms with Gasteiger partial charge in [0, 0.05) is 13.6 Å². The second kappa shape index (κ2) is 5.67. The first kappa shape index (κ1) is 14.6. The van der Waals surface area contributed by atoms with E-state index < -0.39 is 0 Å². The summed E-state index contributed by atoms with van der Waals surface area (Å²) in [4.78, 5) is 0. The lowest BCUT2D eigenvalue weighted by Gasteiger charge is -2.15. The second-order valence-electron chi connectivity index (χ2n) is 5.28. The van der Waals surface area contributed by atoms with Gasteiger partial charge in [0.15, 0.2) is 0 Å². The molecule has 0 atom stereocenters. The fourth-order valence-electron chi connectivity index (χ4n) is 2.37. The number of rotatable bonds is 4. The zero-order valence-electron chi connectivity index (χ0n) is 13.2. The summed E-state index contributed by atoms with van der Waals surface area (Å²) in [6.07, 6.45) is 0. The average molecular weight is 273 g/mol. The molecule has 0 saturated heterocycles. The van der Waals surface area contributed by atoms with Gasteiger partial charge in [-0.3, -0.25) is 0 Å². The van der Waals surface area contributed by atoms with Crippen molar-refractivity contribution in [3.8, 4) is 11.6 Å². The third kappa shape index (κ3) is 2.56. The van der Waals surface area contributed by atoms with Crippen LogP contribution in [0.3, 0.4) is 0 Å². The molecule has 1 aromatic heterocycles. The van der Waals surface area contributed by atoms with E-state index in [-0.39, 0.29) is 0 Å². The first-order chi connectivity index (χ1) is 9.45. The molecule has 0 unspecified atom stereocenters. The van der Waals surface area contributed by atoms with E-state index in [9.17, 15) is 0 Å². The van der Waals surface area contributed by atoms with Crippen molar-refractivity contribution in [2.75, 3.05) is 7.05 Å². The van der Waals surface area contributed by atoms with Gasteiger partial charge in [-0.2, -0.15) is 5.10 Å². The van der Waals surface area contributed by atoms with Gasteiger partial charge in [-0.15, -0.1) is 0 Å². The van der Waals surface area contributed by atoms with Crippen LogP contribution in [0.5, 0.6) is 11.6 Å². The Hall–Kier alpha value is -1.81. The number of ether oxygens (including phenoxy) is 1. The van der Waals surface area contributed by atoms with Crippen molar-refractivity contribution in [1.82, 2.24) is 15.1 Å². The lowest BCUT2D eigenvalue weighted by atomic mass is 10.1. The minimum Gasteiger partial charge on any atom is -0.438 e. The monoisotopic (exact) mass is 273 g/mol. The van der Waals surface area contributed by atoms with Crippen LogP contribution in [0.1, 0.15) is 27.9 Å². The van der Waals surface area contributed by atoms with Crippen LogP contribution in [0.4, 0.5) is 0 Å². The highest BCUT2D eigenvalue weighted by molar-refractivity contribution is 5.47. The van der Waals surface area contributed by atoms with E-state index >= 15 is 0 Å². The number of benzene rings is 1. The zero-order chi connectivity index (χ0) is 14.9. The SMILES string of the molecule is CNCc1c(C)nn(C)c1Oc1c(C)ccc(C)c1C. The summed E-state index contributed by atoms with van der Waals surface area (Å²) in [5.41, 5.74) is 5.66. The smallest absolute Gasteiger partial charge is 0.222 e. The summed E-state index contributed by atoms with van der Waals surface area (Å²) >= 11 is 0. The highest BCUT2D eigenvalue weighted by Crippen LogP contribution is 2.33. The molecule has 1 heterocycles. The van der Waals surface area contributed by atoms with Gasteiger partial charge >= 0.3 is 0 Å². The van der Waals surface area contributed by atoms with Crippen molar-refractivity contribution in [3.63, 3.8) is 0 Å². The molecule has 4 heteroatoms. The van der Waals surface area contributed by atoms with Crippen molar-refractivity contribution >= 4 is 0 Å². The fraction of sp³-hybridized carbons (Fsp3) is 0.438. The molecule has 0 saturated carbocycles. The summed E-state index contributed by atoms with van der Waals surface area (Å²) < 4.78 is 8.03. The molecule has 0 aliphatic carbocycles. The maximum absolute atomic E-state index is 6.22. The van der Waals surface area contributed by atoms with Gasteiger partial charge < -0.3 is 10.1 Å². The van der Waals surface area contributed by atoms with Crippen molar-refractivity contribution in [3.05, 3.63) is 40.1 Å². The average Bonchev–Trinajstić information content (AvgIpc) is 2.66. The predicted molar refractivity (Wildman–Crippen MR) is 81.4 cm³/mol. The zero-order valence-corrected chi connectivity index (χ0v) is 13.2. The minimum absolute atomic E-state index is 0.749. The number of hydrogen-bond acceptors (Lipinski definition) is 3. The van der Waals surface area contributed by atoms with E-state index in [0.29, 0.717) is 0 Å². The molecule has 0 fully saturated rings. The topological polar surface area (TPSA) is 39.1 Å². The number of aryl methyl sites for hydroxylation is 4. The standard InChI is InChI=1S/C16H23N3O/c1-10-7-8-11(2)15(12(10)3)20-16-14(9-17-5)13(4)18-19(16)6/h7-8,17H,9H2,1-6H3. The number of nitrogens with one attached hydrogen (secondary N) is 1. The van der Waals surface area contributed by atoms with Crippen LogP contribution in [0, 0.1) is 27.7 Å². The van der Waals surface area contributed by atoms with Gasteiger partial charge in [-0.1, -0.05) is 12.1 Å². The van der Waals surface area contributed by atoms with Crippen molar-refractivity contribution in [2.24, 2.45) is 7.05 Å². The van der Waals surface area contributed by atoms with Crippen LogP contribution in [0.15, 0.2) is 12.1 Å². The lowest BCUT2D eigenvalue weighted by Crippen LogP contribution is -2.07. The Balaban J connectivity index is 2.48. The highest BCUT2D eigenvalue weighted by Gasteiger charge is 2.17. The van der Waals surface area contributed by atoms with E-state index in [1.807, 2.05) is 25.7 Å². The number of nitrogens with zero attached hydrogens (tertiary/aromatic N) is 2. The molecule has 2 aromatic rings. The van der Waals surface area contributed by atoms with E-state index in [2.05, 4.69) is 43.3 Å². The Morgan fingerprint density at radius 1 is 1.15 bits per heavy atom. The molecule has 2 rings (SSSR count). The largest absolute Gasteiger partial charge is 0.438 e. The van der Waals surface area contributed by atoms with Gasteiger partial charge in [-0.05, 0) is 51.4 Å². The molecule has 0 bridgehead atoms. The predicted octanol–water partition coefficient (Wildman–Crippen LogP) is 3.17. The molecule has 20 heavy (non-hydrogen) atoms. The highest BCUT2D eigenvalue weighted by atomic mass is 16.5.